The topological polar surface area (TPSA) is 184 Å². The van der Waals surface area contributed by atoms with Gasteiger partial charge in [0.15, 0.2) is 0 Å². The molecule has 21 heteroatoms. The first kappa shape index (κ1) is 117. The van der Waals surface area contributed by atoms with E-state index in [2.05, 4.69) is 153 Å². The van der Waals surface area contributed by atoms with Gasteiger partial charge >= 0.3 is 41.8 Å². The van der Waals surface area contributed by atoms with Crippen molar-refractivity contribution in [2.75, 3.05) is 233 Å². The number of ether oxygens (including phenoxy) is 7. The Morgan fingerprint density at radius 1 is 0.185 bits per heavy atom. The van der Waals surface area contributed by atoms with Crippen molar-refractivity contribution in [3.05, 3.63) is 0 Å². The van der Waals surface area contributed by atoms with Gasteiger partial charge in [-0.1, -0.05) is 123 Å². The quantitative estimate of drug-likeness (QED) is 0.0318. The van der Waals surface area contributed by atoms with Crippen LogP contribution < -0.4 is 0 Å². The largest absolute Gasteiger partial charge is 0.460 e. The maximum atomic E-state index is 11.4. The third-order valence-corrected chi connectivity index (χ3v) is 20.2. The summed E-state index contributed by atoms with van der Waals surface area (Å²) in [5.74, 6) is -0.443. The molecule has 0 rings (SSSR count). The molecule has 0 radical (unpaired) electrons. The zero-order valence-electron chi connectivity index (χ0n) is 77.1. The van der Waals surface area contributed by atoms with Crippen molar-refractivity contribution >= 4 is 41.8 Å². The standard InChI is InChI=1S/C15H32NO2.2C14H30NO2.C13H28NO2.C12H26NO2.C10H22NO2.C9H20NO2/c1-5-9-12-16(8-4,11-7-3)13-14-18-15(17)10-6-2;1-5-9-11-15(8-4,10-6-2)12-13-17-14(16)7-3;1-5-9-14(16)17-13-12-15(8-4,10-6-2)11-7-3;1-5-9-14(8-4,10-6-2)11-12-16-13(15)7-3;1-5-9-12(14)15-11-10-13(6-2,7-3)8-4;1-5-6-7-10(12)13-9-8-11(2,3)4;1-5-6-9(11)12-8-7-10(2,3)4/h5-14H2,1-4H3;2*5-13H2,1-4H3;5-12H2,1-4H3;5-11H2,1-4H3;5-9H2,1-4H3;5-8H2,1-4H3/q7*+1. The summed E-state index contributed by atoms with van der Waals surface area (Å²) >= 11 is 0. The van der Waals surface area contributed by atoms with Gasteiger partial charge in [0.05, 0.1) is 140 Å². The Morgan fingerprint density at radius 3 is 0.546 bits per heavy atom. The molecule has 0 spiro atoms. The summed E-state index contributed by atoms with van der Waals surface area (Å²) in [4.78, 5) is 78.0. The molecule has 0 aromatic heterocycles. The first-order chi connectivity index (χ1) is 51.1. The molecule has 0 saturated carbocycles. The van der Waals surface area contributed by atoms with Crippen LogP contribution in [0.2, 0.25) is 0 Å². The van der Waals surface area contributed by atoms with E-state index in [1.165, 1.54) is 117 Å². The van der Waals surface area contributed by atoms with E-state index in [0.717, 1.165) is 162 Å². The SMILES string of the molecule is CCCC(=O)OCC[N+](C)(C)C.CCCC(=O)OCC[N+](CC)(CC)CC.CCCC(=O)OCC[N+](CC)(CCC)CCC.CCCCC(=O)OCC[N+](C)(C)C.CCCC[N+](CC)(CCC)CCOC(=O)CC.CCCC[N+](CC)(CCC)CCOC(=O)CCC.CCC[N+](CC)(CCC)CCOC(=O)CC. The molecule has 0 N–H and O–H groups in total. The van der Waals surface area contributed by atoms with Crippen LogP contribution >= 0.6 is 0 Å². The number of rotatable bonds is 59. The Hall–Kier alpha value is -3.99. The zero-order valence-corrected chi connectivity index (χ0v) is 77.1. The van der Waals surface area contributed by atoms with E-state index in [4.69, 9.17) is 33.2 Å². The number of unbranched alkanes of at least 4 members (excludes halogenated alkanes) is 3. The van der Waals surface area contributed by atoms with Crippen LogP contribution in [0.15, 0.2) is 0 Å². The van der Waals surface area contributed by atoms with Crippen molar-refractivity contribution in [2.24, 2.45) is 0 Å². The minimum atomic E-state index is -0.0813. The van der Waals surface area contributed by atoms with Crippen LogP contribution in [0.25, 0.3) is 0 Å². The lowest BCUT2D eigenvalue weighted by Gasteiger charge is -2.37. The molecule has 21 nitrogen and oxygen atoms in total. The molecule has 0 fully saturated rings. The first-order valence-electron chi connectivity index (χ1n) is 44.0. The highest BCUT2D eigenvalue weighted by Crippen LogP contribution is 2.15. The van der Waals surface area contributed by atoms with Crippen LogP contribution in [-0.2, 0) is 66.7 Å². The molecule has 0 aliphatic heterocycles. The van der Waals surface area contributed by atoms with Gasteiger partial charge < -0.3 is 64.5 Å². The Bertz CT molecular complexity index is 2070. The summed E-state index contributed by atoms with van der Waals surface area (Å²) < 4.78 is 43.3. The Kier molecular flexibility index (Phi) is 83.6. The summed E-state index contributed by atoms with van der Waals surface area (Å²) in [6.07, 6.45) is 21.3. The van der Waals surface area contributed by atoms with Crippen molar-refractivity contribution in [3.8, 4) is 0 Å². The zero-order chi connectivity index (χ0) is 84.3. The van der Waals surface area contributed by atoms with Crippen molar-refractivity contribution in [2.45, 2.75) is 300 Å². The van der Waals surface area contributed by atoms with Gasteiger partial charge in [-0.05, 0) is 132 Å². The Labute approximate surface area is 669 Å². The lowest BCUT2D eigenvalue weighted by Crippen LogP contribution is -2.51. The molecule has 648 valence electrons. The molecule has 0 heterocycles. The number of nitrogens with zero attached hydrogens (tertiary/aromatic N) is 7. The van der Waals surface area contributed by atoms with Crippen LogP contribution in [0.5, 0.6) is 0 Å². The number of carbonyl (C=O) groups is 7. The van der Waals surface area contributed by atoms with Gasteiger partial charge in [-0.15, -0.1) is 0 Å². The second-order valence-electron chi connectivity index (χ2n) is 31.4. The van der Waals surface area contributed by atoms with Gasteiger partial charge in [0.1, 0.15) is 92.1 Å². The smallest absolute Gasteiger partial charge is 0.305 e. The molecule has 108 heavy (non-hydrogen) atoms. The molecule has 2 atom stereocenters. The average Bonchev–Trinajstić information content (AvgIpc) is 0.894. The summed E-state index contributed by atoms with van der Waals surface area (Å²) in [7, 11) is 12.5. The molecule has 0 aromatic carbocycles. The monoisotopic (exact) mass is 1560 g/mol. The van der Waals surface area contributed by atoms with Crippen molar-refractivity contribution in [1.82, 2.24) is 0 Å². The van der Waals surface area contributed by atoms with E-state index in [-0.39, 0.29) is 41.8 Å². The fraction of sp³-hybridized carbons (Fsp3) is 0.920. The number of carbonyl (C=O) groups excluding carboxylic acids is 7. The predicted octanol–water partition coefficient (Wildman–Crippen LogP) is 16.6. The molecule has 0 aliphatic rings. The van der Waals surface area contributed by atoms with E-state index in [9.17, 15) is 33.6 Å². The highest BCUT2D eigenvalue weighted by atomic mass is 16.6. The number of esters is 7. The molecule has 0 aliphatic carbocycles. The Balaban J connectivity index is -0.000000221. The lowest BCUT2D eigenvalue weighted by molar-refractivity contribution is -0.927. The van der Waals surface area contributed by atoms with E-state index >= 15 is 0 Å². The van der Waals surface area contributed by atoms with Crippen molar-refractivity contribution in [1.29, 1.82) is 0 Å². The van der Waals surface area contributed by atoms with Gasteiger partial charge in [0.2, 0.25) is 0 Å². The highest BCUT2D eigenvalue weighted by molar-refractivity contribution is 5.71. The summed E-state index contributed by atoms with van der Waals surface area (Å²) in [5.41, 5.74) is 0. The summed E-state index contributed by atoms with van der Waals surface area (Å²) in [6.45, 7) is 75.0. The number of hydrogen-bond donors (Lipinski definition) is 0. The number of quaternary nitrogens is 7. The van der Waals surface area contributed by atoms with Crippen LogP contribution in [0.4, 0.5) is 0 Å². The minimum absolute atomic E-state index is 0.0429. The predicted molar refractivity (Wildman–Crippen MR) is 452 cm³/mol. The van der Waals surface area contributed by atoms with E-state index in [1.807, 2.05) is 41.5 Å². The number of likely N-dealkylation sites (N-methyl/N-ethyl adjacent to an activating group) is 7. The van der Waals surface area contributed by atoms with Gasteiger partial charge in [0.25, 0.3) is 0 Å². The third kappa shape index (κ3) is 72.3. The second-order valence-corrected chi connectivity index (χ2v) is 31.4. The maximum absolute atomic E-state index is 11.4. The van der Waals surface area contributed by atoms with Crippen LogP contribution in [0, 0.1) is 0 Å². The van der Waals surface area contributed by atoms with Gasteiger partial charge in [-0.25, -0.2) is 0 Å². The molecule has 0 amide bonds. The van der Waals surface area contributed by atoms with Gasteiger partial charge in [0, 0.05) is 44.9 Å². The first-order valence-corrected chi connectivity index (χ1v) is 44.0. The molecule has 2 unspecified atom stereocenters. The van der Waals surface area contributed by atoms with E-state index in [0.29, 0.717) is 91.2 Å². The molecule has 0 bridgehead atoms. The normalized spacial score (nSPS) is 12.4. The average molecular weight is 1560 g/mol. The van der Waals surface area contributed by atoms with E-state index < -0.39 is 0 Å². The second kappa shape index (κ2) is 77.0. The fourth-order valence-electron chi connectivity index (χ4n) is 12.6. The van der Waals surface area contributed by atoms with Crippen LogP contribution in [-0.4, -0.2) is 306 Å². The number of hydrogen-bond acceptors (Lipinski definition) is 14. The fourth-order valence-corrected chi connectivity index (χ4v) is 12.6. The minimum Gasteiger partial charge on any atom is -0.460 e. The summed E-state index contributed by atoms with van der Waals surface area (Å²) in [5, 5.41) is 0. The van der Waals surface area contributed by atoms with Crippen molar-refractivity contribution in [3.63, 3.8) is 0 Å². The Morgan fingerprint density at radius 2 is 0.370 bits per heavy atom. The molecule has 0 aromatic rings. The molecular weight excluding hydrogens is 1370 g/mol. The maximum Gasteiger partial charge on any atom is 0.305 e. The third-order valence-electron chi connectivity index (χ3n) is 20.2. The van der Waals surface area contributed by atoms with E-state index in [1.54, 1.807) is 0 Å². The molecular formula is C87H188N7O14+7. The van der Waals surface area contributed by atoms with Crippen molar-refractivity contribution < 1.29 is 98.1 Å². The van der Waals surface area contributed by atoms with Gasteiger partial charge in [-0.3, -0.25) is 33.6 Å². The lowest BCUT2D eigenvalue weighted by atomic mass is 10.2. The van der Waals surface area contributed by atoms with Gasteiger partial charge in [-0.2, -0.15) is 0 Å². The highest BCUT2D eigenvalue weighted by Gasteiger charge is 2.28. The molecule has 0 saturated heterocycles. The van der Waals surface area contributed by atoms with Crippen LogP contribution in [0.1, 0.15) is 300 Å². The summed E-state index contributed by atoms with van der Waals surface area (Å²) in [6, 6.07) is 0. The van der Waals surface area contributed by atoms with Crippen LogP contribution in [0.3, 0.4) is 0 Å².